The summed E-state index contributed by atoms with van der Waals surface area (Å²) in [6.07, 6.45) is 1.63. The van der Waals surface area contributed by atoms with Crippen LogP contribution < -0.4 is 0 Å². The topological polar surface area (TPSA) is 38.1 Å². The van der Waals surface area contributed by atoms with Gasteiger partial charge in [0.15, 0.2) is 5.78 Å². The van der Waals surface area contributed by atoms with Gasteiger partial charge in [0.1, 0.15) is 5.69 Å². The molecule has 0 amide bonds. The molecule has 0 bridgehead atoms. The van der Waals surface area contributed by atoms with Crippen molar-refractivity contribution in [3.05, 3.63) is 16.4 Å². The first-order valence-corrected chi connectivity index (χ1v) is 4.67. The number of ketones is 1. The summed E-state index contributed by atoms with van der Waals surface area (Å²) in [5.41, 5.74) is 0.619. The second-order valence-corrected chi connectivity index (χ2v) is 3.98. The molecular formula is C8H12BrN3O. The fourth-order valence-electron chi connectivity index (χ4n) is 1.09. The maximum atomic E-state index is 11.6. The van der Waals surface area contributed by atoms with Crippen LogP contribution in [0.15, 0.2) is 10.7 Å². The van der Waals surface area contributed by atoms with Crippen molar-refractivity contribution in [3.63, 3.8) is 0 Å². The number of aromatic nitrogens is 2. The molecule has 5 heteroatoms. The molecule has 0 N–H and O–H groups in total. The Morgan fingerprint density at radius 2 is 2.31 bits per heavy atom. The molecule has 0 aromatic carbocycles. The molecule has 0 saturated carbocycles. The van der Waals surface area contributed by atoms with Gasteiger partial charge in [-0.05, 0) is 30.0 Å². The Bertz CT molecular complexity index is 300. The number of aryl methyl sites for hydroxylation is 1. The first-order valence-electron chi connectivity index (χ1n) is 3.88. The molecule has 0 aliphatic carbocycles. The number of carbonyl (C=O) groups is 1. The van der Waals surface area contributed by atoms with E-state index in [0.717, 1.165) is 4.47 Å². The van der Waals surface area contributed by atoms with Crippen LogP contribution >= 0.6 is 15.9 Å². The Balaban J connectivity index is 2.88. The number of carbonyl (C=O) groups excluding carboxylic acids is 1. The smallest absolute Gasteiger partial charge is 0.195 e. The quantitative estimate of drug-likeness (QED) is 0.744. The van der Waals surface area contributed by atoms with E-state index in [2.05, 4.69) is 21.0 Å². The maximum Gasteiger partial charge on any atom is 0.195 e. The molecule has 0 aliphatic rings. The minimum Gasteiger partial charge on any atom is -0.302 e. The highest BCUT2D eigenvalue weighted by Gasteiger charge is 2.15. The Labute approximate surface area is 85.7 Å². The van der Waals surface area contributed by atoms with Crippen LogP contribution in [0.4, 0.5) is 0 Å². The first kappa shape index (κ1) is 10.4. The van der Waals surface area contributed by atoms with E-state index in [1.165, 1.54) is 0 Å². The molecule has 1 aromatic heterocycles. The van der Waals surface area contributed by atoms with Gasteiger partial charge in [-0.1, -0.05) is 0 Å². The van der Waals surface area contributed by atoms with Gasteiger partial charge in [0, 0.05) is 7.05 Å². The van der Waals surface area contributed by atoms with E-state index >= 15 is 0 Å². The second kappa shape index (κ2) is 4.02. The zero-order chi connectivity index (χ0) is 10.0. The molecule has 72 valence electrons. The lowest BCUT2D eigenvalue weighted by Gasteiger charge is -2.08. The van der Waals surface area contributed by atoms with Crippen molar-refractivity contribution in [1.82, 2.24) is 14.7 Å². The van der Waals surface area contributed by atoms with Gasteiger partial charge in [-0.2, -0.15) is 5.10 Å². The molecule has 13 heavy (non-hydrogen) atoms. The van der Waals surface area contributed by atoms with Crippen molar-refractivity contribution in [2.45, 2.75) is 0 Å². The monoisotopic (exact) mass is 245 g/mol. The van der Waals surface area contributed by atoms with E-state index < -0.39 is 0 Å². The summed E-state index contributed by atoms with van der Waals surface area (Å²) in [4.78, 5) is 13.5. The zero-order valence-corrected chi connectivity index (χ0v) is 9.50. The molecule has 0 fully saturated rings. The highest BCUT2D eigenvalue weighted by molar-refractivity contribution is 9.10. The molecule has 0 aliphatic heterocycles. The van der Waals surface area contributed by atoms with Crippen LogP contribution in [0.3, 0.4) is 0 Å². The number of rotatable bonds is 3. The summed E-state index contributed by atoms with van der Waals surface area (Å²) < 4.78 is 2.33. The lowest BCUT2D eigenvalue weighted by Crippen LogP contribution is -2.23. The van der Waals surface area contributed by atoms with Crippen LogP contribution in [-0.2, 0) is 7.05 Å². The molecule has 0 spiro atoms. The Morgan fingerprint density at radius 3 is 2.69 bits per heavy atom. The van der Waals surface area contributed by atoms with Gasteiger partial charge in [-0.3, -0.25) is 9.48 Å². The Morgan fingerprint density at radius 1 is 1.69 bits per heavy atom. The molecule has 1 aromatic rings. The maximum absolute atomic E-state index is 11.6. The number of Topliss-reactive ketones (excluding diaryl/α,β-unsaturated/α-hetero) is 1. The number of hydrogen-bond acceptors (Lipinski definition) is 3. The van der Waals surface area contributed by atoms with Crippen molar-refractivity contribution in [2.24, 2.45) is 7.05 Å². The average molecular weight is 246 g/mol. The number of likely N-dealkylation sites (N-methyl/N-ethyl adjacent to an activating group) is 1. The SMILES string of the molecule is CN(C)CC(=O)c1c(Br)cnn1C. The van der Waals surface area contributed by atoms with E-state index in [1.54, 1.807) is 17.9 Å². The van der Waals surface area contributed by atoms with Crippen molar-refractivity contribution in [2.75, 3.05) is 20.6 Å². The summed E-state index contributed by atoms with van der Waals surface area (Å²) in [5, 5.41) is 3.97. The summed E-state index contributed by atoms with van der Waals surface area (Å²) in [5.74, 6) is 0.0666. The normalized spacial score (nSPS) is 10.8. The summed E-state index contributed by atoms with van der Waals surface area (Å²) in [6, 6.07) is 0. The molecule has 1 heterocycles. The predicted octanol–water partition coefficient (Wildman–Crippen LogP) is 0.927. The lowest BCUT2D eigenvalue weighted by molar-refractivity contribution is 0.0948. The van der Waals surface area contributed by atoms with Crippen LogP contribution in [0.1, 0.15) is 10.5 Å². The standard InChI is InChI=1S/C8H12BrN3O/c1-11(2)5-7(13)8-6(9)4-10-12(8)3/h4H,5H2,1-3H3. The van der Waals surface area contributed by atoms with Crippen molar-refractivity contribution >= 4 is 21.7 Å². The molecule has 4 nitrogen and oxygen atoms in total. The van der Waals surface area contributed by atoms with Crippen LogP contribution in [0.25, 0.3) is 0 Å². The highest BCUT2D eigenvalue weighted by atomic mass is 79.9. The highest BCUT2D eigenvalue weighted by Crippen LogP contribution is 2.15. The first-order chi connectivity index (χ1) is 6.02. The second-order valence-electron chi connectivity index (χ2n) is 3.13. The van der Waals surface area contributed by atoms with Gasteiger partial charge in [-0.15, -0.1) is 0 Å². The van der Waals surface area contributed by atoms with E-state index in [4.69, 9.17) is 0 Å². The summed E-state index contributed by atoms with van der Waals surface area (Å²) >= 11 is 3.28. The van der Waals surface area contributed by atoms with Crippen LogP contribution in [0, 0.1) is 0 Å². The van der Waals surface area contributed by atoms with Gasteiger partial charge in [-0.25, -0.2) is 0 Å². The van der Waals surface area contributed by atoms with Gasteiger partial charge in [0.2, 0.25) is 0 Å². The third kappa shape index (κ3) is 2.38. The average Bonchev–Trinajstić information content (AvgIpc) is 2.29. The third-order valence-electron chi connectivity index (χ3n) is 1.62. The van der Waals surface area contributed by atoms with Crippen molar-refractivity contribution in [3.8, 4) is 0 Å². The van der Waals surface area contributed by atoms with Crippen molar-refractivity contribution in [1.29, 1.82) is 0 Å². The van der Waals surface area contributed by atoms with Gasteiger partial charge >= 0.3 is 0 Å². The van der Waals surface area contributed by atoms with Gasteiger partial charge in [0.05, 0.1) is 17.2 Å². The van der Waals surface area contributed by atoms with E-state index in [0.29, 0.717) is 12.2 Å². The van der Waals surface area contributed by atoms with Gasteiger partial charge < -0.3 is 4.90 Å². The summed E-state index contributed by atoms with van der Waals surface area (Å²) in [7, 11) is 5.48. The van der Waals surface area contributed by atoms with Crippen LogP contribution in [0.5, 0.6) is 0 Å². The zero-order valence-electron chi connectivity index (χ0n) is 7.91. The molecule has 0 radical (unpaired) electrons. The number of halogens is 1. The Kier molecular flexibility index (Phi) is 3.22. The van der Waals surface area contributed by atoms with E-state index in [-0.39, 0.29) is 5.78 Å². The van der Waals surface area contributed by atoms with Crippen LogP contribution in [-0.4, -0.2) is 41.1 Å². The predicted molar refractivity (Wildman–Crippen MR) is 53.8 cm³/mol. The minimum absolute atomic E-state index is 0.0666. The molecule has 0 unspecified atom stereocenters. The molecule has 0 saturated heterocycles. The largest absolute Gasteiger partial charge is 0.302 e. The van der Waals surface area contributed by atoms with E-state index in [1.807, 2.05) is 19.0 Å². The molecule has 1 rings (SSSR count). The Hall–Kier alpha value is -0.680. The molecular weight excluding hydrogens is 234 g/mol. The third-order valence-corrected chi connectivity index (χ3v) is 2.20. The van der Waals surface area contributed by atoms with Crippen LogP contribution in [0.2, 0.25) is 0 Å². The summed E-state index contributed by atoms with van der Waals surface area (Å²) in [6.45, 7) is 0.401. The van der Waals surface area contributed by atoms with Gasteiger partial charge in [0.25, 0.3) is 0 Å². The number of nitrogens with zero attached hydrogens (tertiary/aromatic N) is 3. The minimum atomic E-state index is 0.0666. The fraction of sp³-hybridized carbons (Fsp3) is 0.500. The number of hydrogen-bond donors (Lipinski definition) is 0. The lowest BCUT2D eigenvalue weighted by atomic mass is 10.3. The van der Waals surface area contributed by atoms with Crippen molar-refractivity contribution < 1.29 is 4.79 Å². The van der Waals surface area contributed by atoms with E-state index in [9.17, 15) is 4.79 Å². The fourth-order valence-corrected chi connectivity index (χ4v) is 1.66. The molecule has 0 atom stereocenters.